The molecule has 0 bridgehead atoms. The number of hydrogen-bond donors (Lipinski definition) is 6. The number of aryl methyl sites for hydroxylation is 1. The van der Waals surface area contributed by atoms with Crippen LogP contribution in [0.3, 0.4) is 0 Å². The van der Waals surface area contributed by atoms with Gasteiger partial charge in [-0.15, -0.1) is 0 Å². The lowest BCUT2D eigenvalue weighted by atomic mass is 9.87. The van der Waals surface area contributed by atoms with Gasteiger partial charge in [0.25, 0.3) is 47.8 Å². The highest BCUT2D eigenvalue weighted by Gasteiger charge is 2.51. The number of alkyl halides is 2. The van der Waals surface area contributed by atoms with Crippen molar-refractivity contribution in [2.24, 2.45) is 0 Å². The Morgan fingerprint density at radius 1 is 0.294 bits per heavy atom. The van der Waals surface area contributed by atoms with Crippen LogP contribution in [0.1, 0.15) is 381 Å². The number of benzene rings is 6. The number of fused-ring (bicyclic) bond motifs is 6. The minimum absolute atomic E-state index is 0.000150. The molecule has 6 N–H and O–H groups in total. The van der Waals surface area contributed by atoms with Crippen LogP contribution in [0.2, 0.25) is 0 Å². The van der Waals surface area contributed by atoms with Crippen LogP contribution in [-0.4, -0.2) is 142 Å². The topological polar surface area (TPSA) is 314 Å². The SMILES string of the molecule is C=C1CCC(N2C(=O)c3cc(F)cc(C4CCCC4)c3C2=O)C(=O)N1.C=C1CCC(N2Cc3c(cc(C)cc3C3CCCC3)C2=O)C(=O)N1.C=C1CCC(N2Cc3c(cc(F)c(F)c3C3CCCC3)C2=O)C(=O)N1.C=C1CCC(N2Cc3c(cc(F)cc3C(F)F)C2=O)C(=O)N1.C=C1CCC(N2Cc3c(cc(F)cc3C3CCCCCC3)C2=O)C(=O)N1.C=C1CCC(N2Cc3c(cccc3C3CC3)C2=O)C(=O)N1. The van der Waals surface area contributed by atoms with Gasteiger partial charge in [0.15, 0.2) is 11.6 Å². The maximum atomic E-state index is 14.5. The van der Waals surface area contributed by atoms with Gasteiger partial charge in [0.05, 0.1) is 11.1 Å². The molecule has 6 unspecified atom stereocenters. The fraction of sp³-hybridized carbons (Fsp3) is 0.450. The van der Waals surface area contributed by atoms with E-state index in [2.05, 4.69) is 90.4 Å². The second-order valence-corrected chi connectivity index (χ2v) is 41.1. The van der Waals surface area contributed by atoms with E-state index in [1.807, 2.05) is 18.2 Å². The first-order valence-electron chi connectivity index (χ1n) is 50.4. The van der Waals surface area contributed by atoms with E-state index in [9.17, 15) is 93.1 Å². The summed E-state index contributed by atoms with van der Waals surface area (Å²) < 4.78 is 96.6. The number of halogens is 7. The van der Waals surface area contributed by atoms with Crippen LogP contribution in [0, 0.1) is 36.0 Å². The standard InChI is InChI=1S/C21H25FN2O2.C20H24N2O2.C19H20F2N2O2.C19H19FN2O3.C17H18N2O2.C15H13F3N2O2/c1-13-8-9-19(20(25)23-13)24-12-18-16(14-6-4-2-3-5-7-14)10-15(22)11-17(18)21(24)26;1-12-9-15(14-5-3-4-6-14)17-11-22(20(24)16(17)10-12)18-8-7-13(2)21-19(18)23;1-10-6-7-15(18(24)22-10)23-9-13-12(19(23)25)8-14(20)17(21)16(13)11-4-2-3-5-11;1-10-6-7-15(17(23)21-10)22-18(24)14-9-12(20)8-13(16(14)19(22)25)11-4-2-3-5-11;1-10-5-8-15(16(20)18-10)19-9-14-12(11-6-7-11)3-2-4-13(14)17(19)21;1-7-2-3-12(14(21)19-7)20-6-11-9(13(17)18)4-8(16)5-10(11)15(20)22/h10-11,14,19H,1-9,12H2,(H,23,25);9-10,14,18H,2-8,11H2,1H3,(H,21,23);8,11,15H,1-7,9H2,(H,22,24);8-9,11,15H,1-7H2,(H,21,23);2-4,11,15H,1,5-9H2,(H,18,20);4-5,12-13H,1-3,6H2,(H,19,21). The van der Waals surface area contributed by atoms with E-state index in [0.29, 0.717) is 147 Å². The average Bonchev–Trinajstić information content (AvgIpc) is 1.57. The molecule has 12 aliphatic heterocycles. The Hall–Kier alpha value is -13.4. The Kier molecular flexibility index (Phi) is 28.9. The van der Waals surface area contributed by atoms with E-state index in [1.165, 1.54) is 84.4 Å². The van der Waals surface area contributed by atoms with E-state index in [-0.39, 0.29) is 118 Å². The first-order chi connectivity index (χ1) is 68.5. The number of amides is 13. The maximum absolute atomic E-state index is 14.5. The zero-order valence-electron chi connectivity index (χ0n) is 80.4. The largest absolute Gasteiger partial charge is 0.329 e. The fourth-order valence-corrected chi connectivity index (χ4v) is 24.2. The number of rotatable bonds is 12. The van der Waals surface area contributed by atoms with Crippen molar-refractivity contribution in [3.05, 3.63) is 281 Å². The van der Waals surface area contributed by atoms with E-state index in [1.54, 1.807) is 20.8 Å². The summed E-state index contributed by atoms with van der Waals surface area (Å²) >= 11 is 0. The summed E-state index contributed by atoms with van der Waals surface area (Å²) in [5, 5.41) is 16.2. The van der Waals surface area contributed by atoms with Gasteiger partial charge in [-0.3, -0.25) is 67.2 Å². The summed E-state index contributed by atoms with van der Waals surface area (Å²) in [7, 11) is 0. The predicted molar refractivity (Wildman–Crippen MR) is 516 cm³/mol. The van der Waals surface area contributed by atoms with E-state index >= 15 is 0 Å². The number of carbonyl (C=O) groups excluding carboxylic acids is 13. The van der Waals surface area contributed by atoms with Crippen LogP contribution >= 0.6 is 0 Å². The molecule has 12 heterocycles. The van der Waals surface area contributed by atoms with Crippen molar-refractivity contribution in [1.82, 2.24) is 61.3 Å². The molecular weight excluding hydrogens is 1840 g/mol. The molecule has 6 atom stereocenters. The number of carbonyl (C=O) groups is 13. The monoisotopic (exact) mass is 1960 g/mol. The van der Waals surface area contributed by atoms with E-state index in [4.69, 9.17) is 0 Å². The molecule has 5 aliphatic carbocycles. The molecule has 5 saturated carbocycles. The molecule has 32 heteroatoms. The van der Waals surface area contributed by atoms with Gasteiger partial charge in [-0.1, -0.05) is 127 Å². The summed E-state index contributed by atoms with van der Waals surface area (Å²) in [5.74, 6) is -5.67. The number of imide groups is 1. The highest BCUT2D eigenvalue weighted by atomic mass is 19.3. The first-order valence-corrected chi connectivity index (χ1v) is 50.4. The molecule has 6 saturated heterocycles. The van der Waals surface area contributed by atoms with Crippen molar-refractivity contribution in [1.29, 1.82) is 0 Å². The second-order valence-electron chi connectivity index (χ2n) is 41.1. The lowest BCUT2D eigenvalue weighted by Gasteiger charge is -2.31. The van der Waals surface area contributed by atoms with Crippen LogP contribution < -0.4 is 31.9 Å². The summed E-state index contributed by atoms with van der Waals surface area (Å²) in [6.07, 6.45) is 25.7. The highest BCUT2D eigenvalue weighted by Crippen LogP contribution is 2.50. The van der Waals surface area contributed by atoms with Gasteiger partial charge in [-0.05, 0) is 288 Å². The molecule has 17 aliphatic rings. The van der Waals surface area contributed by atoms with Gasteiger partial charge in [0.1, 0.15) is 53.7 Å². The van der Waals surface area contributed by atoms with Crippen molar-refractivity contribution in [2.75, 3.05) is 0 Å². The molecule has 0 spiro atoms. The molecule has 6 aromatic rings. The van der Waals surface area contributed by atoms with Crippen LogP contribution in [0.25, 0.3) is 0 Å². The summed E-state index contributed by atoms with van der Waals surface area (Å²) in [4.78, 5) is 172. The molecule has 25 nitrogen and oxygen atoms in total. The van der Waals surface area contributed by atoms with E-state index < -0.39 is 89.0 Å². The normalized spacial score (nSPS) is 23.9. The zero-order chi connectivity index (χ0) is 101. The van der Waals surface area contributed by atoms with Gasteiger partial charge in [0.2, 0.25) is 35.4 Å². The third-order valence-electron chi connectivity index (χ3n) is 31.6. The molecule has 6 aromatic carbocycles. The van der Waals surface area contributed by atoms with Gasteiger partial charge < -0.3 is 56.4 Å². The molecule has 750 valence electrons. The first kappa shape index (κ1) is 99.7. The van der Waals surface area contributed by atoms with E-state index in [0.717, 1.165) is 169 Å². The molecule has 23 rings (SSSR count). The van der Waals surface area contributed by atoms with Crippen LogP contribution in [0.5, 0.6) is 0 Å². The Morgan fingerprint density at radius 3 is 1.01 bits per heavy atom. The van der Waals surface area contributed by atoms with Crippen LogP contribution in [-0.2, 0) is 61.5 Å². The number of piperidine rings is 6. The predicted octanol–water partition coefficient (Wildman–Crippen LogP) is 18.5. The summed E-state index contributed by atoms with van der Waals surface area (Å²) in [6.45, 7) is 26.2. The lowest BCUT2D eigenvalue weighted by molar-refractivity contribution is -0.127. The number of nitrogens with zero attached hydrogens (tertiary/aromatic N) is 6. The Morgan fingerprint density at radius 2 is 0.608 bits per heavy atom. The van der Waals surface area contributed by atoms with Crippen molar-refractivity contribution < 1.29 is 93.1 Å². The van der Waals surface area contributed by atoms with Gasteiger partial charge in [-0.2, -0.15) is 0 Å². The molecule has 143 heavy (non-hydrogen) atoms. The van der Waals surface area contributed by atoms with Gasteiger partial charge in [-0.25, -0.2) is 30.7 Å². The molecule has 11 fully saturated rings. The number of nitrogens with one attached hydrogen (secondary N) is 6. The van der Waals surface area contributed by atoms with Gasteiger partial charge in [0, 0.05) is 100 Å². The minimum Gasteiger partial charge on any atom is -0.329 e. The average molecular weight is 1960 g/mol. The summed E-state index contributed by atoms with van der Waals surface area (Å²) in [6, 6.07) is 14.9. The number of allylic oxidation sites excluding steroid dienone is 6. The van der Waals surface area contributed by atoms with Crippen molar-refractivity contribution in [3.63, 3.8) is 0 Å². The maximum Gasteiger partial charge on any atom is 0.264 e. The smallest absolute Gasteiger partial charge is 0.264 e. The van der Waals surface area contributed by atoms with Crippen molar-refractivity contribution >= 4 is 76.8 Å². The quantitative estimate of drug-likeness (QED) is 0.0378. The lowest BCUT2D eigenvalue weighted by Crippen LogP contribution is -2.51. The molecule has 13 amide bonds. The molecule has 0 radical (unpaired) electrons. The Balaban J connectivity index is 0.000000113. The van der Waals surface area contributed by atoms with Crippen LogP contribution in [0.15, 0.2) is 146 Å². The van der Waals surface area contributed by atoms with Crippen molar-refractivity contribution in [3.8, 4) is 0 Å². The Labute approximate surface area is 825 Å². The van der Waals surface area contributed by atoms with Gasteiger partial charge >= 0.3 is 0 Å². The van der Waals surface area contributed by atoms with Crippen LogP contribution in [0.4, 0.5) is 30.7 Å². The Bertz CT molecular complexity index is 6400. The minimum atomic E-state index is -2.88. The highest BCUT2D eigenvalue weighted by molar-refractivity contribution is 6.24. The molecular formula is C111H119F7N12O13. The molecule has 0 aromatic heterocycles. The third kappa shape index (κ3) is 20.2. The number of hydrogen-bond acceptors (Lipinski definition) is 13. The summed E-state index contributed by atoms with van der Waals surface area (Å²) in [5.41, 5.74) is 15.7. The third-order valence-corrected chi connectivity index (χ3v) is 31.6. The zero-order valence-corrected chi connectivity index (χ0v) is 80.4. The second kappa shape index (κ2) is 41.5. The fourth-order valence-electron chi connectivity index (χ4n) is 24.2. The van der Waals surface area contributed by atoms with Crippen molar-refractivity contribution in [2.45, 2.75) is 317 Å².